The molecule has 0 heterocycles. The molecule has 152 valence electrons. The van der Waals surface area contributed by atoms with Gasteiger partial charge in [-0.15, -0.1) is 0 Å². The molecule has 3 N–H and O–H groups in total. The summed E-state index contributed by atoms with van der Waals surface area (Å²) in [5.41, 5.74) is 1.39. The average molecular weight is 397 g/mol. The number of ether oxygens (including phenoxy) is 1. The number of carbonyl (C=O) groups excluding carboxylic acids is 4. The molecule has 0 aliphatic heterocycles. The highest BCUT2D eigenvalue weighted by Crippen LogP contribution is 2.04. The third-order valence-corrected chi connectivity index (χ3v) is 3.80. The fraction of sp³-hybridized carbons (Fsp3) is 0.238. The summed E-state index contributed by atoms with van der Waals surface area (Å²) in [7, 11) is 0. The lowest BCUT2D eigenvalue weighted by molar-refractivity contribution is -0.154. The van der Waals surface area contributed by atoms with Gasteiger partial charge in [0.1, 0.15) is 0 Å². The molecule has 8 heteroatoms. The van der Waals surface area contributed by atoms with Crippen LogP contribution in [0.3, 0.4) is 0 Å². The zero-order valence-electron chi connectivity index (χ0n) is 16.0. The summed E-state index contributed by atoms with van der Waals surface area (Å²) in [5.74, 6) is -1.62. The quantitative estimate of drug-likeness (QED) is 0.590. The van der Waals surface area contributed by atoms with Gasteiger partial charge in [-0.2, -0.15) is 0 Å². The van der Waals surface area contributed by atoms with Gasteiger partial charge in [0.2, 0.25) is 5.91 Å². The van der Waals surface area contributed by atoms with Crippen molar-refractivity contribution >= 4 is 29.5 Å². The first-order valence-electron chi connectivity index (χ1n) is 9.11. The Balaban J connectivity index is 1.65. The SMILES string of the molecule is CC(OC(=O)CCNC(=O)Cc1ccccc1)C(=O)NC(=O)Nc1ccccc1. The smallest absolute Gasteiger partial charge is 0.325 e. The Morgan fingerprint density at radius 3 is 2.21 bits per heavy atom. The number of carbonyl (C=O) groups is 4. The number of para-hydroxylation sites is 1. The standard InChI is InChI=1S/C21H23N3O5/c1-15(20(27)24-21(28)23-17-10-6-3-7-11-17)29-19(26)12-13-22-18(25)14-16-8-4-2-5-9-16/h2-11,15H,12-14H2,1H3,(H,22,25)(H2,23,24,27,28). The molecule has 0 radical (unpaired) electrons. The predicted octanol–water partition coefficient (Wildman–Crippen LogP) is 2.02. The Morgan fingerprint density at radius 2 is 1.55 bits per heavy atom. The number of rotatable bonds is 8. The lowest BCUT2D eigenvalue weighted by Crippen LogP contribution is -2.42. The van der Waals surface area contributed by atoms with Crippen molar-refractivity contribution in [3.63, 3.8) is 0 Å². The van der Waals surface area contributed by atoms with Gasteiger partial charge in [-0.25, -0.2) is 4.79 Å². The Morgan fingerprint density at radius 1 is 0.931 bits per heavy atom. The van der Waals surface area contributed by atoms with Crippen molar-refractivity contribution in [1.29, 1.82) is 0 Å². The molecule has 4 amide bonds. The van der Waals surface area contributed by atoms with Gasteiger partial charge in [0.25, 0.3) is 5.91 Å². The van der Waals surface area contributed by atoms with E-state index < -0.39 is 24.0 Å². The normalized spacial score (nSPS) is 11.1. The summed E-state index contributed by atoms with van der Waals surface area (Å²) in [5, 5.41) is 7.21. The third-order valence-electron chi connectivity index (χ3n) is 3.80. The Labute approximate surface area is 168 Å². The largest absolute Gasteiger partial charge is 0.452 e. The van der Waals surface area contributed by atoms with Crippen molar-refractivity contribution in [2.24, 2.45) is 0 Å². The highest BCUT2D eigenvalue weighted by molar-refractivity contribution is 6.02. The molecule has 2 aromatic carbocycles. The van der Waals surface area contributed by atoms with E-state index in [1.165, 1.54) is 6.92 Å². The van der Waals surface area contributed by atoms with E-state index in [4.69, 9.17) is 4.74 Å². The first kappa shape index (κ1) is 21.6. The zero-order chi connectivity index (χ0) is 21.1. The molecule has 1 atom stereocenters. The van der Waals surface area contributed by atoms with Crippen LogP contribution in [-0.2, 0) is 25.5 Å². The molecule has 1 unspecified atom stereocenters. The van der Waals surface area contributed by atoms with E-state index in [1.54, 1.807) is 30.3 Å². The monoisotopic (exact) mass is 397 g/mol. The van der Waals surface area contributed by atoms with E-state index in [-0.39, 0.29) is 25.3 Å². The number of anilines is 1. The fourth-order valence-electron chi connectivity index (χ4n) is 2.35. The van der Waals surface area contributed by atoms with Crippen molar-refractivity contribution in [2.75, 3.05) is 11.9 Å². The molecular formula is C21H23N3O5. The van der Waals surface area contributed by atoms with Crippen LogP contribution >= 0.6 is 0 Å². The molecule has 0 aliphatic rings. The van der Waals surface area contributed by atoms with E-state index in [9.17, 15) is 19.2 Å². The topological polar surface area (TPSA) is 114 Å². The van der Waals surface area contributed by atoms with Crippen LogP contribution in [0.25, 0.3) is 0 Å². The molecule has 0 fully saturated rings. The van der Waals surface area contributed by atoms with Crippen LogP contribution in [0.1, 0.15) is 18.9 Å². The van der Waals surface area contributed by atoms with E-state index in [0.717, 1.165) is 5.56 Å². The van der Waals surface area contributed by atoms with Crippen molar-refractivity contribution < 1.29 is 23.9 Å². The van der Waals surface area contributed by atoms with Gasteiger partial charge >= 0.3 is 12.0 Å². The maximum atomic E-state index is 11.9. The van der Waals surface area contributed by atoms with Crippen LogP contribution in [0.15, 0.2) is 60.7 Å². The minimum atomic E-state index is -1.15. The van der Waals surface area contributed by atoms with Gasteiger partial charge in [-0.3, -0.25) is 19.7 Å². The van der Waals surface area contributed by atoms with Crippen molar-refractivity contribution in [2.45, 2.75) is 25.9 Å². The first-order chi connectivity index (χ1) is 13.9. The molecule has 0 aliphatic carbocycles. The molecular weight excluding hydrogens is 374 g/mol. The zero-order valence-corrected chi connectivity index (χ0v) is 16.0. The lowest BCUT2D eigenvalue weighted by Gasteiger charge is -2.13. The number of esters is 1. The molecule has 8 nitrogen and oxygen atoms in total. The Kier molecular flexibility index (Phi) is 8.37. The first-order valence-corrected chi connectivity index (χ1v) is 9.11. The summed E-state index contributed by atoms with van der Waals surface area (Å²) < 4.78 is 4.98. The van der Waals surface area contributed by atoms with Crippen LogP contribution < -0.4 is 16.0 Å². The number of amides is 4. The number of benzene rings is 2. The minimum absolute atomic E-state index is 0.0889. The van der Waals surface area contributed by atoms with Gasteiger partial charge in [0.15, 0.2) is 6.10 Å². The molecule has 0 aromatic heterocycles. The summed E-state index contributed by atoms with van der Waals surface area (Å²) in [6.45, 7) is 1.45. The minimum Gasteiger partial charge on any atom is -0.452 e. The number of imide groups is 1. The van der Waals surface area contributed by atoms with Gasteiger partial charge in [0.05, 0.1) is 12.8 Å². The van der Waals surface area contributed by atoms with E-state index in [1.807, 2.05) is 30.3 Å². The van der Waals surface area contributed by atoms with Gasteiger partial charge in [-0.1, -0.05) is 48.5 Å². The van der Waals surface area contributed by atoms with Crippen molar-refractivity contribution in [1.82, 2.24) is 10.6 Å². The Bertz CT molecular complexity index is 840. The fourth-order valence-corrected chi connectivity index (χ4v) is 2.35. The molecule has 2 rings (SSSR count). The molecule has 0 saturated heterocycles. The van der Waals surface area contributed by atoms with Crippen molar-refractivity contribution in [3.05, 3.63) is 66.2 Å². The molecule has 0 spiro atoms. The van der Waals surface area contributed by atoms with Crippen LogP contribution in [0, 0.1) is 0 Å². The maximum absolute atomic E-state index is 11.9. The molecule has 0 saturated carbocycles. The highest BCUT2D eigenvalue weighted by atomic mass is 16.5. The summed E-state index contributed by atoms with van der Waals surface area (Å²) in [4.78, 5) is 47.4. The second-order valence-electron chi connectivity index (χ2n) is 6.20. The Hall–Kier alpha value is -3.68. The number of hydrogen-bond donors (Lipinski definition) is 3. The van der Waals surface area contributed by atoms with Crippen LogP contribution in [0.2, 0.25) is 0 Å². The van der Waals surface area contributed by atoms with E-state index in [2.05, 4.69) is 16.0 Å². The molecule has 29 heavy (non-hydrogen) atoms. The van der Waals surface area contributed by atoms with Crippen LogP contribution in [-0.4, -0.2) is 36.5 Å². The number of hydrogen-bond acceptors (Lipinski definition) is 5. The van der Waals surface area contributed by atoms with E-state index in [0.29, 0.717) is 5.69 Å². The van der Waals surface area contributed by atoms with Crippen LogP contribution in [0.5, 0.6) is 0 Å². The molecule has 2 aromatic rings. The summed E-state index contributed by atoms with van der Waals surface area (Å²) in [6, 6.07) is 17.1. The second-order valence-corrected chi connectivity index (χ2v) is 6.20. The summed E-state index contributed by atoms with van der Waals surface area (Å²) in [6.07, 6.45) is -1.02. The van der Waals surface area contributed by atoms with Gasteiger partial charge in [-0.05, 0) is 24.6 Å². The highest BCUT2D eigenvalue weighted by Gasteiger charge is 2.20. The molecule has 0 bridgehead atoms. The van der Waals surface area contributed by atoms with E-state index >= 15 is 0 Å². The van der Waals surface area contributed by atoms with Crippen LogP contribution in [0.4, 0.5) is 10.5 Å². The average Bonchev–Trinajstić information content (AvgIpc) is 2.69. The number of nitrogens with one attached hydrogen (secondary N) is 3. The second kappa shape index (κ2) is 11.2. The van der Waals surface area contributed by atoms with Crippen molar-refractivity contribution in [3.8, 4) is 0 Å². The third kappa shape index (κ3) is 8.25. The number of urea groups is 1. The predicted molar refractivity (Wildman–Crippen MR) is 107 cm³/mol. The summed E-state index contributed by atoms with van der Waals surface area (Å²) >= 11 is 0. The van der Waals surface area contributed by atoms with Gasteiger partial charge in [0, 0.05) is 12.2 Å². The lowest BCUT2D eigenvalue weighted by atomic mass is 10.1. The maximum Gasteiger partial charge on any atom is 0.325 e. The van der Waals surface area contributed by atoms with Gasteiger partial charge < -0.3 is 15.4 Å².